The Labute approximate surface area is 235 Å². The fourth-order valence-corrected chi connectivity index (χ4v) is 6.89. The molecule has 40 heavy (non-hydrogen) atoms. The number of nitrogens with zero attached hydrogens (tertiary/aromatic N) is 3. The van der Waals surface area contributed by atoms with Crippen LogP contribution in [0.5, 0.6) is 5.88 Å². The fraction of sp³-hybridized carbons (Fsp3) is 0.333. The Morgan fingerprint density at radius 3 is 2.67 bits per heavy atom. The Hall–Kier alpha value is -3.71. The van der Waals surface area contributed by atoms with Gasteiger partial charge in [-0.1, -0.05) is 6.07 Å². The highest BCUT2D eigenvalue weighted by Gasteiger charge is 2.54. The van der Waals surface area contributed by atoms with Gasteiger partial charge >= 0.3 is 18.2 Å². The zero-order valence-corrected chi connectivity index (χ0v) is 22.3. The number of aromatic hydroxyl groups is 1. The summed E-state index contributed by atoms with van der Waals surface area (Å²) >= 11 is 3.18. The summed E-state index contributed by atoms with van der Waals surface area (Å²) in [6, 6.07) is 1.72. The molecule has 0 aromatic carbocycles. The van der Waals surface area contributed by atoms with E-state index in [4.69, 9.17) is 0 Å². The van der Waals surface area contributed by atoms with Gasteiger partial charge in [0.15, 0.2) is 0 Å². The smallest absolute Gasteiger partial charge is 0.405 e. The Bertz CT molecular complexity index is 1360. The average Bonchev–Trinajstić information content (AvgIpc) is 3.42. The van der Waals surface area contributed by atoms with E-state index in [0.29, 0.717) is 10.5 Å². The van der Waals surface area contributed by atoms with Gasteiger partial charge in [-0.2, -0.15) is 13.2 Å². The minimum Gasteiger partial charge on any atom is -0.593 e. The van der Waals surface area contributed by atoms with Gasteiger partial charge in [0.05, 0.1) is 5.10 Å². The van der Waals surface area contributed by atoms with Crippen LogP contribution in [0.15, 0.2) is 45.9 Å². The van der Waals surface area contributed by atoms with Gasteiger partial charge in [-0.05, 0) is 33.6 Å². The lowest BCUT2D eigenvalue weighted by molar-refractivity contribution is -0.707. The number of rotatable bonds is 9. The summed E-state index contributed by atoms with van der Waals surface area (Å²) < 4.78 is 37.4. The molecule has 2 unspecified atom stereocenters. The molecule has 3 atom stereocenters. The van der Waals surface area contributed by atoms with Crippen LogP contribution in [0, 0.1) is 5.21 Å². The molecule has 2 aliphatic rings. The van der Waals surface area contributed by atoms with E-state index in [0.717, 1.165) is 28.0 Å². The predicted molar refractivity (Wildman–Crippen MR) is 135 cm³/mol. The molecule has 1 fully saturated rings. The van der Waals surface area contributed by atoms with E-state index < -0.39 is 59.9 Å². The largest absolute Gasteiger partial charge is 0.593 e. The molecule has 5 N–H and O–H groups in total. The predicted octanol–water partition coefficient (Wildman–Crippen LogP) is 0.916. The standard InChI is InChI=1S/C21H19F3N6O7S3/c22-21(23,24)8-25-20(36)27-13(10-2-1-5-38-10)16(32)26-14-17(33)29-15(19(34)35)9(7-40-18(14)29)6-39-12-4-3-11(31)28-30(12)37/h1-5,13-14,18H,6-8H2,(H,26,32)(H,28,31)(H,34,35)(H2,25,27,36)/t13?,14-,18?/m1/s1. The first kappa shape index (κ1) is 29.3. The number of carboxylic acids is 1. The van der Waals surface area contributed by atoms with Crippen molar-refractivity contribution in [2.45, 2.75) is 28.7 Å². The van der Waals surface area contributed by atoms with Crippen LogP contribution in [-0.4, -0.2) is 79.7 Å². The van der Waals surface area contributed by atoms with Crippen molar-refractivity contribution in [2.75, 3.05) is 18.1 Å². The van der Waals surface area contributed by atoms with Gasteiger partial charge in [0.1, 0.15) is 29.7 Å². The molecule has 4 heterocycles. The van der Waals surface area contributed by atoms with Crippen LogP contribution < -0.4 is 20.8 Å². The fourth-order valence-electron chi connectivity index (χ4n) is 3.76. The van der Waals surface area contributed by atoms with Crippen LogP contribution in [0.1, 0.15) is 10.9 Å². The zero-order valence-electron chi connectivity index (χ0n) is 19.9. The van der Waals surface area contributed by atoms with Crippen molar-refractivity contribution in [2.24, 2.45) is 0 Å². The summed E-state index contributed by atoms with van der Waals surface area (Å²) in [7, 11) is 0. The molecule has 0 bridgehead atoms. The Morgan fingerprint density at radius 1 is 1.30 bits per heavy atom. The molecule has 0 radical (unpaired) electrons. The molecule has 214 valence electrons. The van der Waals surface area contributed by atoms with Crippen molar-refractivity contribution in [1.82, 2.24) is 25.9 Å². The molecular formula is C21H19F3N6O7S3. The number of thioether (sulfide) groups is 2. The zero-order chi connectivity index (χ0) is 29.2. The summed E-state index contributed by atoms with van der Waals surface area (Å²) in [6.07, 6.45) is -4.66. The highest BCUT2D eigenvalue weighted by molar-refractivity contribution is 8.01. The maximum Gasteiger partial charge on any atom is 0.405 e. The Kier molecular flexibility index (Phi) is 8.64. The van der Waals surface area contributed by atoms with Gasteiger partial charge < -0.3 is 31.4 Å². The molecule has 0 aliphatic carbocycles. The van der Waals surface area contributed by atoms with Crippen LogP contribution in [0.4, 0.5) is 18.0 Å². The lowest BCUT2D eigenvalue weighted by Crippen LogP contribution is -2.71. The van der Waals surface area contributed by atoms with E-state index in [9.17, 15) is 47.8 Å². The van der Waals surface area contributed by atoms with E-state index >= 15 is 0 Å². The number of amides is 4. The summed E-state index contributed by atoms with van der Waals surface area (Å²) in [5.74, 6) is -3.32. The van der Waals surface area contributed by atoms with Crippen molar-refractivity contribution in [1.29, 1.82) is 0 Å². The van der Waals surface area contributed by atoms with Crippen LogP contribution in [0.25, 0.3) is 0 Å². The summed E-state index contributed by atoms with van der Waals surface area (Å²) in [6.45, 7) is -1.62. The Balaban J connectivity index is 1.45. The Morgan fingerprint density at radius 2 is 2.05 bits per heavy atom. The first-order chi connectivity index (χ1) is 18.9. The average molecular weight is 621 g/mol. The molecule has 13 nitrogen and oxygen atoms in total. The van der Waals surface area contributed by atoms with Gasteiger partial charge in [0.2, 0.25) is 5.91 Å². The number of aromatic nitrogens is 2. The highest BCUT2D eigenvalue weighted by Crippen LogP contribution is 2.41. The maximum absolute atomic E-state index is 13.1. The van der Waals surface area contributed by atoms with E-state index in [-0.39, 0.29) is 27.1 Å². The van der Waals surface area contributed by atoms with E-state index in [1.54, 1.807) is 16.8 Å². The second-order valence-electron chi connectivity index (χ2n) is 8.24. The number of carbonyl (C=O) groups excluding carboxylic acids is 3. The number of urea groups is 1. The molecule has 4 rings (SSSR count). The van der Waals surface area contributed by atoms with Crippen molar-refractivity contribution >= 4 is 58.7 Å². The maximum atomic E-state index is 13.1. The van der Waals surface area contributed by atoms with E-state index in [2.05, 4.69) is 15.7 Å². The summed E-state index contributed by atoms with van der Waals surface area (Å²) in [5, 5.41) is 41.4. The van der Waals surface area contributed by atoms with Gasteiger partial charge in [0.25, 0.3) is 16.8 Å². The number of alkyl halides is 3. The number of fused-ring (bicyclic) bond motifs is 1. The first-order valence-corrected chi connectivity index (χ1v) is 14.0. The molecular weight excluding hydrogens is 601 g/mol. The van der Waals surface area contributed by atoms with Crippen LogP contribution in [0.2, 0.25) is 0 Å². The quantitative estimate of drug-likeness (QED) is 0.117. The molecule has 2 aromatic heterocycles. The van der Waals surface area contributed by atoms with Gasteiger partial charge in [0, 0.05) is 28.5 Å². The number of nitrogens with one attached hydrogen (secondary N) is 3. The summed E-state index contributed by atoms with van der Waals surface area (Å²) in [5.41, 5.74) is 0.0415. The molecule has 0 spiro atoms. The summed E-state index contributed by atoms with van der Waals surface area (Å²) in [4.78, 5) is 51.6. The molecule has 0 saturated carbocycles. The number of hydrogen-bond donors (Lipinski definition) is 5. The van der Waals surface area contributed by atoms with E-state index in [1.165, 1.54) is 30.0 Å². The van der Waals surface area contributed by atoms with E-state index in [1.807, 2.05) is 0 Å². The SMILES string of the molecule is O=C(NCC(F)(F)F)NC(C(=O)N[C@@H]1C(=O)N2C(C(=O)O)=C(CSc3ccc(O)n[n+]3[O-])CSC12)c1cccs1. The van der Waals surface area contributed by atoms with Gasteiger partial charge in [-0.25, -0.2) is 9.59 Å². The minimum atomic E-state index is -4.66. The molecule has 1 saturated heterocycles. The van der Waals surface area contributed by atoms with Crippen molar-refractivity contribution in [3.8, 4) is 5.88 Å². The number of halogens is 3. The normalized spacial score (nSPS) is 19.4. The van der Waals surface area contributed by atoms with Crippen LogP contribution in [0.3, 0.4) is 0 Å². The monoisotopic (exact) mass is 620 g/mol. The lowest BCUT2D eigenvalue weighted by atomic mass is 10.0. The second kappa shape index (κ2) is 11.8. The number of aliphatic carboxylic acids is 1. The van der Waals surface area contributed by atoms with Crippen molar-refractivity contribution < 1.29 is 47.4 Å². The minimum absolute atomic E-state index is 0.0221. The first-order valence-electron chi connectivity index (χ1n) is 11.1. The third-order valence-corrected chi connectivity index (χ3v) is 8.87. The van der Waals surface area contributed by atoms with Crippen molar-refractivity contribution in [3.05, 3.63) is 51.0 Å². The number of carboxylic acid groups (broad SMARTS) is 1. The lowest BCUT2D eigenvalue weighted by Gasteiger charge is -2.49. The number of thiophene rings is 1. The second-order valence-corrected chi connectivity index (χ2v) is 11.3. The van der Waals surface area contributed by atoms with Crippen LogP contribution >= 0.6 is 34.9 Å². The molecule has 4 amide bonds. The molecule has 2 aliphatic heterocycles. The molecule has 2 aromatic rings. The van der Waals surface area contributed by atoms with Gasteiger partial charge in [-0.15, -0.1) is 23.1 Å². The number of hydrogen-bond acceptors (Lipinski definition) is 10. The number of β-lactam (4-membered cyclic amide) rings is 1. The highest BCUT2D eigenvalue weighted by atomic mass is 32.2. The topological polar surface area (TPSA) is 188 Å². The molecule has 19 heteroatoms. The third kappa shape index (κ3) is 6.53. The third-order valence-electron chi connectivity index (χ3n) is 5.51. The van der Waals surface area contributed by atoms with Crippen molar-refractivity contribution in [3.63, 3.8) is 0 Å². The van der Waals surface area contributed by atoms with Gasteiger partial charge in [-0.3, -0.25) is 14.5 Å². The number of carbonyl (C=O) groups is 4. The van der Waals surface area contributed by atoms with Crippen LogP contribution in [-0.2, 0) is 14.4 Å².